The van der Waals surface area contributed by atoms with Crippen LogP contribution in [0.25, 0.3) is 0 Å². The van der Waals surface area contributed by atoms with Gasteiger partial charge in [0.1, 0.15) is 12.2 Å². The molecule has 94 valence electrons. The van der Waals surface area contributed by atoms with Crippen molar-refractivity contribution in [3.8, 4) is 0 Å². The average molecular weight is 309 g/mol. The van der Waals surface area contributed by atoms with Gasteiger partial charge in [0.05, 0.1) is 10.5 Å². The van der Waals surface area contributed by atoms with E-state index in [4.69, 9.17) is 0 Å². The van der Waals surface area contributed by atoms with Crippen LogP contribution < -0.4 is 4.90 Å². The van der Waals surface area contributed by atoms with E-state index in [1.54, 1.807) is 18.7 Å². The lowest BCUT2D eigenvalue weighted by atomic mass is 10.0. The Bertz CT molecular complexity index is 497. The molecule has 1 aliphatic rings. The van der Waals surface area contributed by atoms with Gasteiger partial charge in [-0.05, 0) is 35.2 Å². The van der Waals surface area contributed by atoms with E-state index in [0.29, 0.717) is 0 Å². The molecule has 3 rings (SSSR count). The SMILES string of the molecule is Brc1cnc(N2CCCC[C@@H]2c2ncn[nH]2)nc1. The summed E-state index contributed by atoms with van der Waals surface area (Å²) in [5.41, 5.74) is 0. The van der Waals surface area contributed by atoms with Gasteiger partial charge in [-0.25, -0.2) is 15.0 Å². The molecule has 1 fully saturated rings. The summed E-state index contributed by atoms with van der Waals surface area (Å²) in [4.78, 5) is 15.2. The molecule has 3 heterocycles. The number of nitrogens with one attached hydrogen (secondary N) is 1. The van der Waals surface area contributed by atoms with Crippen molar-refractivity contribution in [1.29, 1.82) is 0 Å². The second kappa shape index (κ2) is 5.01. The minimum atomic E-state index is 0.197. The molecular weight excluding hydrogens is 296 g/mol. The minimum Gasteiger partial charge on any atom is -0.331 e. The largest absolute Gasteiger partial charge is 0.331 e. The molecule has 0 bridgehead atoms. The van der Waals surface area contributed by atoms with Crippen LogP contribution in [-0.4, -0.2) is 31.7 Å². The number of halogens is 1. The highest BCUT2D eigenvalue weighted by Gasteiger charge is 2.27. The summed E-state index contributed by atoms with van der Waals surface area (Å²) in [6.07, 6.45) is 8.49. The Morgan fingerprint density at radius 1 is 1.22 bits per heavy atom. The van der Waals surface area contributed by atoms with Gasteiger partial charge in [-0.1, -0.05) is 0 Å². The zero-order valence-electron chi connectivity index (χ0n) is 9.75. The molecule has 0 unspecified atom stereocenters. The zero-order valence-corrected chi connectivity index (χ0v) is 11.3. The number of aromatic nitrogens is 5. The van der Waals surface area contributed by atoms with Crippen LogP contribution in [0.2, 0.25) is 0 Å². The van der Waals surface area contributed by atoms with E-state index in [-0.39, 0.29) is 6.04 Å². The molecule has 0 radical (unpaired) electrons. The first-order chi connectivity index (χ1) is 8.84. The minimum absolute atomic E-state index is 0.197. The van der Waals surface area contributed by atoms with E-state index in [2.05, 4.69) is 46.0 Å². The second-order valence-corrected chi connectivity index (χ2v) is 5.19. The summed E-state index contributed by atoms with van der Waals surface area (Å²) in [5.74, 6) is 1.64. The van der Waals surface area contributed by atoms with Crippen molar-refractivity contribution >= 4 is 21.9 Å². The van der Waals surface area contributed by atoms with E-state index in [9.17, 15) is 0 Å². The second-order valence-electron chi connectivity index (χ2n) is 4.28. The fraction of sp³-hybridized carbons (Fsp3) is 0.455. The molecule has 1 saturated heterocycles. The van der Waals surface area contributed by atoms with Crippen molar-refractivity contribution < 1.29 is 0 Å². The maximum atomic E-state index is 4.37. The number of nitrogens with zero attached hydrogens (tertiary/aromatic N) is 5. The van der Waals surface area contributed by atoms with Gasteiger partial charge in [0.25, 0.3) is 0 Å². The molecule has 0 saturated carbocycles. The molecule has 2 aromatic rings. The highest BCUT2D eigenvalue weighted by molar-refractivity contribution is 9.10. The van der Waals surface area contributed by atoms with E-state index in [0.717, 1.165) is 35.6 Å². The van der Waals surface area contributed by atoms with Crippen molar-refractivity contribution in [3.63, 3.8) is 0 Å². The summed E-state index contributed by atoms with van der Waals surface area (Å²) in [5, 5.41) is 6.88. The van der Waals surface area contributed by atoms with E-state index in [1.807, 2.05) is 0 Å². The Kier molecular flexibility index (Phi) is 3.22. The lowest BCUT2D eigenvalue weighted by Crippen LogP contribution is -2.35. The van der Waals surface area contributed by atoms with Gasteiger partial charge in [0.15, 0.2) is 0 Å². The van der Waals surface area contributed by atoms with Crippen molar-refractivity contribution in [3.05, 3.63) is 29.0 Å². The van der Waals surface area contributed by atoms with Gasteiger partial charge < -0.3 is 4.90 Å². The van der Waals surface area contributed by atoms with E-state index >= 15 is 0 Å². The summed E-state index contributed by atoms with van der Waals surface area (Å²) in [6.45, 7) is 0.951. The van der Waals surface area contributed by atoms with E-state index in [1.165, 1.54) is 6.42 Å². The lowest BCUT2D eigenvalue weighted by Gasteiger charge is -2.34. The number of rotatable bonds is 2. The summed E-state index contributed by atoms with van der Waals surface area (Å²) in [7, 11) is 0. The molecule has 0 amide bonds. The van der Waals surface area contributed by atoms with Crippen molar-refractivity contribution in [2.75, 3.05) is 11.4 Å². The molecule has 7 heteroatoms. The lowest BCUT2D eigenvalue weighted by molar-refractivity contribution is 0.450. The van der Waals surface area contributed by atoms with Crippen LogP contribution >= 0.6 is 15.9 Å². The topological polar surface area (TPSA) is 70.6 Å². The van der Waals surface area contributed by atoms with Crippen LogP contribution in [0.15, 0.2) is 23.2 Å². The first-order valence-electron chi connectivity index (χ1n) is 5.94. The summed E-state index contributed by atoms with van der Waals surface area (Å²) in [6, 6.07) is 0.197. The van der Waals surface area contributed by atoms with Crippen LogP contribution in [0.3, 0.4) is 0 Å². The van der Waals surface area contributed by atoms with Crippen LogP contribution in [-0.2, 0) is 0 Å². The molecule has 0 aliphatic carbocycles. The summed E-state index contributed by atoms with van der Waals surface area (Å²) >= 11 is 3.35. The van der Waals surface area contributed by atoms with Gasteiger partial charge in [0.2, 0.25) is 5.95 Å². The van der Waals surface area contributed by atoms with Crippen molar-refractivity contribution in [1.82, 2.24) is 25.1 Å². The van der Waals surface area contributed by atoms with E-state index < -0.39 is 0 Å². The molecule has 6 nitrogen and oxygen atoms in total. The molecule has 0 spiro atoms. The predicted molar refractivity (Wildman–Crippen MR) is 70.1 cm³/mol. The third-order valence-corrected chi connectivity index (χ3v) is 3.53. The molecule has 1 aliphatic heterocycles. The number of piperidine rings is 1. The zero-order chi connectivity index (χ0) is 12.4. The molecule has 0 aromatic carbocycles. The molecular formula is C11H13BrN6. The molecule has 2 aromatic heterocycles. The number of H-pyrrole nitrogens is 1. The first kappa shape index (κ1) is 11.6. The maximum absolute atomic E-state index is 4.37. The highest BCUT2D eigenvalue weighted by atomic mass is 79.9. The number of aromatic amines is 1. The molecule has 1 atom stereocenters. The maximum Gasteiger partial charge on any atom is 0.225 e. The average Bonchev–Trinajstić information content (AvgIpc) is 2.93. The van der Waals surface area contributed by atoms with Crippen molar-refractivity contribution in [2.45, 2.75) is 25.3 Å². The van der Waals surface area contributed by atoms with Gasteiger partial charge >= 0.3 is 0 Å². The Morgan fingerprint density at radius 3 is 2.78 bits per heavy atom. The monoisotopic (exact) mass is 308 g/mol. The van der Waals surface area contributed by atoms with Crippen LogP contribution in [0, 0.1) is 0 Å². The summed E-state index contributed by atoms with van der Waals surface area (Å²) < 4.78 is 0.888. The van der Waals surface area contributed by atoms with Crippen molar-refractivity contribution in [2.24, 2.45) is 0 Å². The van der Waals surface area contributed by atoms with Gasteiger partial charge in [0, 0.05) is 18.9 Å². The fourth-order valence-corrected chi connectivity index (χ4v) is 2.49. The normalized spacial score (nSPS) is 20.1. The number of anilines is 1. The Labute approximate surface area is 113 Å². The number of hydrogen-bond acceptors (Lipinski definition) is 5. The van der Waals surface area contributed by atoms with Gasteiger partial charge in [-0.15, -0.1) is 0 Å². The Hall–Kier alpha value is -1.50. The first-order valence-corrected chi connectivity index (χ1v) is 6.73. The number of hydrogen-bond donors (Lipinski definition) is 1. The molecule has 1 N–H and O–H groups in total. The third-order valence-electron chi connectivity index (χ3n) is 3.12. The Morgan fingerprint density at radius 2 is 2.06 bits per heavy atom. The van der Waals surface area contributed by atoms with Crippen LogP contribution in [0.5, 0.6) is 0 Å². The Balaban J connectivity index is 1.90. The molecule has 18 heavy (non-hydrogen) atoms. The smallest absolute Gasteiger partial charge is 0.225 e. The standard InChI is InChI=1S/C11H13BrN6/c12-8-5-13-11(14-6-8)18-4-2-1-3-9(18)10-15-7-16-17-10/h5-7,9H,1-4H2,(H,15,16,17)/t9-/m1/s1. The predicted octanol–water partition coefficient (Wildman–Crippen LogP) is 2.09. The fourth-order valence-electron chi connectivity index (χ4n) is 2.28. The van der Waals surface area contributed by atoms with Crippen LogP contribution in [0.4, 0.5) is 5.95 Å². The van der Waals surface area contributed by atoms with Gasteiger partial charge in [-0.2, -0.15) is 5.10 Å². The van der Waals surface area contributed by atoms with Gasteiger partial charge in [-0.3, -0.25) is 5.10 Å². The highest BCUT2D eigenvalue weighted by Crippen LogP contribution is 2.31. The quantitative estimate of drug-likeness (QED) is 0.920. The van der Waals surface area contributed by atoms with Crippen LogP contribution in [0.1, 0.15) is 31.1 Å². The third kappa shape index (κ3) is 2.22.